The van der Waals surface area contributed by atoms with Crippen LogP contribution in [0.1, 0.15) is 23.2 Å². The van der Waals surface area contributed by atoms with Crippen LogP contribution in [0.2, 0.25) is 0 Å². The largest absolute Gasteiger partial charge is 0 e. The zero-order chi connectivity index (χ0) is 15.1. The summed E-state index contributed by atoms with van der Waals surface area (Å²) in [5, 5.41) is 0. The molecule has 0 fully saturated rings. The molecule has 0 spiro atoms. The molecule has 15 heavy (non-hydrogen) atoms. The van der Waals surface area contributed by atoms with E-state index in [1.807, 2.05) is 16.0 Å². The molecule has 0 aliphatic heterocycles. The topological polar surface area (TPSA) is 17.1 Å². The maximum absolute atomic E-state index is 8.77. The molecule has 0 aromatic carbocycles. The minimum Gasteiger partial charge on any atom is 0 e. The SMILES string of the molecule is C=CC.CC(I)CCI.ICI.O=BP.[2H][3H]. The van der Waals surface area contributed by atoms with Crippen molar-refractivity contribution in [1.29, 1.82) is 0 Å². The Balaban J connectivity index is -0.0000000380. The van der Waals surface area contributed by atoms with Crippen LogP contribution in [0.5, 0.6) is 0 Å². The molecule has 0 aliphatic rings. The van der Waals surface area contributed by atoms with Crippen LogP contribution in [0.3, 0.4) is 0 Å². The standard InChI is InChI=1S/C4H8I2.C3H6.CH2I2.BH2OP.H2/c1-4(6)2-3-5;1-3-2;2*2-1-3;/h4H,2-3H2,1H3;3H,1H2,2H3;1H2;3H2;1H/i;;;;1+2D. The maximum Gasteiger partial charge on any atom is 0 e. The summed E-state index contributed by atoms with van der Waals surface area (Å²) in [5.74, 6) is 0. The molecule has 0 saturated heterocycles. The number of hydrogen-bond acceptors (Lipinski definition) is 1. The van der Waals surface area contributed by atoms with Gasteiger partial charge in [-0.15, -0.1) is 6.58 Å². The fraction of sp³-hybridized carbons (Fsp3) is 0.750. The van der Waals surface area contributed by atoms with Crippen LogP contribution < -0.4 is 0 Å². The summed E-state index contributed by atoms with van der Waals surface area (Å²) in [6.07, 6.45) is 3.10. The van der Waals surface area contributed by atoms with Crippen LogP contribution in [-0.4, -0.2) is 17.7 Å². The van der Waals surface area contributed by atoms with Crippen LogP contribution in [0, 0.1) is 0 Å². The molecule has 0 saturated carbocycles. The number of halogens is 4. The molecule has 0 aromatic heterocycles. The predicted molar refractivity (Wildman–Crippen MR) is 114 cm³/mol. The van der Waals surface area contributed by atoms with Gasteiger partial charge in [0.15, 0.2) is 0 Å². The Morgan fingerprint density at radius 1 is 1.67 bits per heavy atom. The van der Waals surface area contributed by atoms with Gasteiger partial charge in [0.25, 0.3) is 0 Å². The average Bonchev–Trinajstić information content (AvgIpc) is 2.24. The fourth-order valence-corrected chi connectivity index (χ4v) is 2.59. The minimum absolute atomic E-state index is 0.667. The van der Waals surface area contributed by atoms with Gasteiger partial charge in [0, 0.05) is 11.3 Å². The second-order valence-electron chi connectivity index (χ2n) is 1.90. The van der Waals surface area contributed by atoms with Crippen molar-refractivity contribution < 1.29 is 7.67 Å². The van der Waals surface area contributed by atoms with Crippen molar-refractivity contribution in [3.8, 4) is 0 Å². The molecule has 0 amide bonds. The summed E-state index contributed by atoms with van der Waals surface area (Å²) >= 11 is 9.39. The second kappa shape index (κ2) is 36.0. The molecule has 0 heterocycles. The van der Waals surface area contributed by atoms with Crippen LogP contribution >= 0.6 is 99.5 Å². The zero-order valence-electron chi connectivity index (χ0n) is 11.1. The Morgan fingerprint density at radius 2 is 1.87 bits per heavy atom. The van der Waals surface area contributed by atoms with Crippen LogP contribution in [0.25, 0.3) is 0 Å². The molecule has 0 aromatic rings. The predicted octanol–water partition coefficient (Wildman–Crippen LogP) is 5.71. The van der Waals surface area contributed by atoms with Crippen LogP contribution in [-0.2, 0) is 4.70 Å². The smallest absolute Gasteiger partial charge is 0 e. The summed E-state index contributed by atoms with van der Waals surface area (Å²) in [5.41, 5.74) is 0. The van der Waals surface area contributed by atoms with E-state index in [2.05, 4.69) is 104 Å². The number of alkyl halides is 4. The quantitative estimate of drug-likeness (QED) is 0.120. The first-order valence-corrected chi connectivity index (χ1v) is 10.5. The number of allylic oxidation sites excluding steroid dienone is 1. The molecule has 0 bridgehead atoms. The molecule has 0 rings (SSSR count). The van der Waals surface area contributed by atoms with E-state index in [-0.39, 0.29) is 0 Å². The van der Waals surface area contributed by atoms with Crippen molar-refractivity contribution >= 4 is 106 Å². The molecule has 94 valence electrons. The maximum atomic E-state index is 8.77. The Morgan fingerprint density at radius 3 is 1.87 bits per heavy atom. The number of hydrogen-bond donors (Lipinski definition) is 0. The van der Waals surface area contributed by atoms with Crippen molar-refractivity contribution in [2.24, 2.45) is 0 Å². The molecule has 1 nitrogen and oxygen atoms in total. The Kier molecular flexibility index (Phi) is 55.3. The van der Waals surface area contributed by atoms with Gasteiger partial charge in [0.1, 0.15) is 0 Å². The molecule has 2 atom stereocenters. The normalized spacial score (nSPS) is 9.00. The monoisotopic (exact) mass is 685 g/mol. The Bertz CT molecular complexity index is 110. The van der Waals surface area contributed by atoms with Gasteiger partial charge < -0.3 is 0 Å². The summed E-state index contributed by atoms with van der Waals surface area (Å²) in [4.78, 5) is 0. The number of rotatable bonds is 2. The summed E-state index contributed by atoms with van der Waals surface area (Å²) < 4.78 is 22.1. The van der Waals surface area contributed by atoms with Crippen molar-refractivity contribution in [2.75, 3.05) is 6.86 Å². The third-order valence-corrected chi connectivity index (χ3v) is 1.75. The fourth-order valence-electron chi connectivity index (χ4n) is 0.150. The third kappa shape index (κ3) is 107. The molecule has 2 unspecified atom stereocenters. The van der Waals surface area contributed by atoms with Gasteiger partial charge in [0.2, 0.25) is 0 Å². The van der Waals surface area contributed by atoms with E-state index in [1.54, 1.807) is 6.08 Å². The molecular formula is C8H20BI4OP. The second-order valence-corrected chi connectivity index (χ2v) is 9.83. The van der Waals surface area contributed by atoms with Crippen LogP contribution in [0.15, 0.2) is 12.7 Å². The van der Waals surface area contributed by atoms with E-state index >= 15 is 0 Å². The van der Waals surface area contributed by atoms with Crippen LogP contribution in [0.4, 0.5) is 0 Å². The summed E-state index contributed by atoms with van der Waals surface area (Å²) in [7, 11) is 1.90. The van der Waals surface area contributed by atoms with Crippen molar-refractivity contribution in [3.63, 3.8) is 0 Å². The Hall–Kier alpha value is 2.95. The van der Waals surface area contributed by atoms with E-state index in [4.69, 9.17) is 7.67 Å². The minimum atomic E-state index is 0.667. The van der Waals surface area contributed by atoms with Gasteiger partial charge in [0.05, 0.1) is 2.43 Å². The summed E-state index contributed by atoms with van der Waals surface area (Å²) in [6, 6.07) is 0. The third-order valence-electron chi connectivity index (χ3n) is 0.507. The molecule has 0 radical (unpaired) electrons. The average molecular weight is 685 g/mol. The first kappa shape index (κ1) is 23.1. The van der Waals surface area contributed by atoms with E-state index in [9.17, 15) is 0 Å². The zero-order valence-corrected chi connectivity index (χ0v) is 18.8. The van der Waals surface area contributed by atoms with Crippen molar-refractivity contribution in [1.82, 2.24) is 0 Å². The Labute approximate surface area is 155 Å². The molecule has 7 heteroatoms. The molecule has 0 N–H and O–H groups in total. The first-order chi connectivity index (χ1) is 8.01. The van der Waals surface area contributed by atoms with E-state index in [0.29, 0.717) is 6.87 Å². The van der Waals surface area contributed by atoms with Gasteiger partial charge in [-0.1, -0.05) is 103 Å². The van der Waals surface area contributed by atoms with Gasteiger partial charge in [-0.05, 0) is 13.3 Å². The van der Waals surface area contributed by atoms with Crippen molar-refractivity contribution in [2.45, 2.75) is 24.2 Å². The van der Waals surface area contributed by atoms with Gasteiger partial charge in [-0.3, -0.25) is 0 Å². The molecule has 0 aliphatic carbocycles. The van der Waals surface area contributed by atoms with E-state index in [1.165, 1.54) is 13.3 Å². The van der Waals surface area contributed by atoms with Gasteiger partial charge >= 0.3 is 20.7 Å². The van der Waals surface area contributed by atoms with E-state index < -0.39 is 0 Å². The molecular weight excluding hydrogens is 661 g/mol. The van der Waals surface area contributed by atoms with Gasteiger partial charge in [-0.25, -0.2) is 0 Å². The summed E-state index contributed by atoms with van der Waals surface area (Å²) in [6.45, 7) is 8.15. The van der Waals surface area contributed by atoms with E-state index in [0.717, 1.165) is 3.92 Å². The first-order valence-electron chi connectivity index (χ1n) is 5.06. The van der Waals surface area contributed by atoms with Crippen molar-refractivity contribution in [3.05, 3.63) is 12.7 Å². The van der Waals surface area contributed by atoms with Gasteiger partial charge in [-0.2, -0.15) is 0 Å².